The van der Waals surface area contributed by atoms with Crippen LogP contribution in [0.15, 0.2) is 54.6 Å². The lowest BCUT2D eigenvalue weighted by Crippen LogP contribution is -2.37. The van der Waals surface area contributed by atoms with Crippen molar-refractivity contribution in [2.75, 3.05) is 25.5 Å². The number of alkyl halides is 1. The topological polar surface area (TPSA) is 72.9 Å². The Labute approximate surface area is 229 Å². The maximum absolute atomic E-state index is 13.1. The summed E-state index contributed by atoms with van der Waals surface area (Å²) in [7, 11) is 1.75. The molecule has 0 aliphatic rings. The van der Waals surface area contributed by atoms with Crippen molar-refractivity contribution in [3.05, 3.63) is 71.3 Å². The predicted molar refractivity (Wildman–Crippen MR) is 150 cm³/mol. The molecule has 202 valence electrons. The molecule has 2 aromatic carbocycles. The van der Waals surface area contributed by atoms with Gasteiger partial charge >= 0.3 is 12.1 Å². The van der Waals surface area contributed by atoms with Crippen molar-refractivity contribution in [2.45, 2.75) is 65.4 Å². The summed E-state index contributed by atoms with van der Waals surface area (Å²) in [6.45, 7) is 9.13. The summed E-state index contributed by atoms with van der Waals surface area (Å²) in [6, 6.07) is 17.3. The second kappa shape index (κ2) is 14.3. The van der Waals surface area contributed by atoms with E-state index >= 15 is 0 Å². The highest BCUT2D eigenvalue weighted by molar-refractivity contribution is 9.09. The van der Waals surface area contributed by atoms with Gasteiger partial charge in [-0.1, -0.05) is 90.8 Å². The quantitative estimate of drug-likeness (QED) is 0.191. The first-order chi connectivity index (χ1) is 17.5. The number of carbonyl (C=O) groups is 3. The molecule has 0 aliphatic heterocycles. The number of amides is 1. The Hall–Kier alpha value is -2.67. The molecule has 1 amide bonds. The summed E-state index contributed by atoms with van der Waals surface area (Å²) in [5, 5.41) is 0.255. The van der Waals surface area contributed by atoms with Gasteiger partial charge < -0.3 is 14.4 Å². The number of rotatable bonds is 14. The van der Waals surface area contributed by atoms with Crippen LogP contribution in [0.1, 0.15) is 63.6 Å². The van der Waals surface area contributed by atoms with Gasteiger partial charge in [-0.25, -0.2) is 4.79 Å². The molecule has 0 heterocycles. The van der Waals surface area contributed by atoms with E-state index in [4.69, 9.17) is 9.47 Å². The summed E-state index contributed by atoms with van der Waals surface area (Å²) in [5.41, 5.74) is 1.83. The highest BCUT2D eigenvalue weighted by Gasteiger charge is 2.35. The number of hydrogen-bond donors (Lipinski definition) is 0. The van der Waals surface area contributed by atoms with E-state index in [1.165, 1.54) is 0 Å². The zero-order valence-corrected chi connectivity index (χ0v) is 24.3. The minimum absolute atomic E-state index is 0.0974. The molecule has 2 aromatic rings. The van der Waals surface area contributed by atoms with Crippen molar-refractivity contribution in [1.82, 2.24) is 4.90 Å². The molecule has 1 unspecified atom stereocenters. The van der Waals surface area contributed by atoms with E-state index in [2.05, 4.69) is 29.8 Å². The molecule has 1 atom stereocenters. The van der Waals surface area contributed by atoms with Gasteiger partial charge in [0.1, 0.15) is 6.61 Å². The number of halogens is 1. The molecule has 0 fully saturated rings. The van der Waals surface area contributed by atoms with Gasteiger partial charge in [0.15, 0.2) is 5.78 Å². The summed E-state index contributed by atoms with van der Waals surface area (Å²) in [4.78, 5) is 39.2. The smallest absolute Gasteiger partial charge is 0.409 e. The molecule has 0 spiro atoms. The molecule has 0 saturated carbocycles. The Morgan fingerprint density at radius 3 is 2.24 bits per heavy atom. The number of ketones is 1. The number of Topliss-reactive ketones (excluding diaryl/α,β-unsaturated/α-hetero) is 1. The molecule has 0 bridgehead atoms. The highest BCUT2D eigenvalue weighted by Crippen LogP contribution is 2.35. The number of hydrogen-bond acceptors (Lipinski definition) is 5. The van der Waals surface area contributed by atoms with Crippen LogP contribution < -0.4 is 0 Å². The molecule has 0 aromatic heterocycles. The second-order valence-corrected chi connectivity index (χ2v) is 11.0. The van der Waals surface area contributed by atoms with Crippen LogP contribution in [0.25, 0.3) is 0 Å². The van der Waals surface area contributed by atoms with Gasteiger partial charge in [-0.15, -0.1) is 0 Å². The van der Waals surface area contributed by atoms with E-state index in [1.807, 2.05) is 61.5 Å². The van der Waals surface area contributed by atoms with Crippen molar-refractivity contribution in [3.8, 4) is 0 Å². The largest absolute Gasteiger partial charge is 0.466 e. The number of nitrogens with zero attached hydrogens (tertiary/aromatic N) is 1. The first kappa shape index (κ1) is 30.6. The first-order valence-corrected chi connectivity index (χ1v) is 13.9. The van der Waals surface area contributed by atoms with E-state index in [-0.39, 0.29) is 41.6 Å². The Morgan fingerprint density at radius 1 is 0.919 bits per heavy atom. The summed E-state index contributed by atoms with van der Waals surface area (Å²) < 4.78 is 10.5. The van der Waals surface area contributed by atoms with Gasteiger partial charge in [0, 0.05) is 13.6 Å². The normalized spacial score (nSPS) is 12.9. The van der Waals surface area contributed by atoms with Crippen molar-refractivity contribution in [1.29, 1.82) is 0 Å². The summed E-state index contributed by atoms with van der Waals surface area (Å²) in [5.74, 6) is -0.179. The Balaban J connectivity index is 1.99. The molecule has 6 nitrogen and oxygen atoms in total. The predicted octanol–water partition coefficient (Wildman–Crippen LogP) is 6.48. The average Bonchev–Trinajstić information content (AvgIpc) is 2.87. The van der Waals surface area contributed by atoms with E-state index < -0.39 is 5.41 Å². The lowest BCUT2D eigenvalue weighted by molar-refractivity contribution is -0.142. The molecule has 37 heavy (non-hydrogen) atoms. The van der Waals surface area contributed by atoms with Crippen molar-refractivity contribution in [2.24, 2.45) is 5.41 Å². The first-order valence-electron chi connectivity index (χ1n) is 12.8. The summed E-state index contributed by atoms with van der Waals surface area (Å²) >= 11 is 3.36. The standard InChI is InChI=1S/C30H40BrNO5/c1-6-36-27(34)19-24-14-10-15-25(18-24)30(4,26(33)20-31)17-11-16-29(2,3)22-32(5)28(35)37-21-23-12-8-7-9-13-23/h7-10,12-15,18H,6,11,16-17,19-22H2,1-5H3. The molecule has 7 heteroatoms. The molecule has 0 radical (unpaired) electrons. The molecular weight excluding hydrogens is 534 g/mol. The van der Waals surface area contributed by atoms with E-state index in [0.717, 1.165) is 29.5 Å². The van der Waals surface area contributed by atoms with Crippen LogP contribution in [0.3, 0.4) is 0 Å². The van der Waals surface area contributed by atoms with E-state index in [9.17, 15) is 14.4 Å². The van der Waals surface area contributed by atoms with Gasteiger partial charge in [-0.05, 0) is 48.8 Å². The van der Waals surface area contributed by atoms with Gasteiger partial charge in [0.25, 0.3) is 0 Å². The Bertz CT molecular complexity index is 1040. The molecule has 0 N–H and O–H groups in total. The molecule has 0 saturated heterocycles. The Morgan fingerprint density at radius 2 is 1.59 bits per heavy atom. The lowest BCUT2D eigenvalue weighted by Gasteiger charge is -2.33. The van der Waals surface area contributed by atoms with Gasteiger partial charge in [0.05, 0.1) is 23.8 Å². The van der Waals surface area contributed by atoms with Crippen molar-refractivity contribution in [3.63, 3.8) is 0 Å². The third-order valence-corrected chi connectivity index (χ3v) is 7.18. The fraction of sp³-hybridized carbons (Fsp3) is 0.500. The zero-order valence-electron chi connectivity index (χ0n) is 22.7. The maximum Gasteiger partial charge on any atom is 0.409 e. The highest BCUT2D eigenvalue weighted by atomic mass is 79.9. The fourth-order valence-corrected chi connectivity index (χ4v) is 5.15. The van der Waals surface area contributed by atoms with Crippen molar-refractivity contribution >= 4 is 33.8 Å². The van der Waals surface area contributed by atoms with E-state index in [0.29, 0.717) is 19.6 Å². The lowest BCUT2D eigenvalue weighted by atomic mass is 9.73. The third-order valence-electron chi connectivity index (χ3n) is 6.67. The van der Waals surface area contributed by atoms with Gasteiger partial charge in [0.2, 0.25) is 0 Å². The van der Waals surface area contributed by atoms with Crippen molar-refractivity contribution < 1.29 is 23.9 Å². The number of ether oxygens (including phenoxy) is 2. The van der Waals surface area contributed by atoms with Crippen LogP contribution in [0.5, 0.6) is 0 Å². The molecule has 2 rings (SSSR count). The van der Waals surface area contributed by atoms with E-state index in [1.54, 1.807) is 18.9 Å². The fourth-order valence-electron chi connectivity index (χ4n) is 4.53. The van der Waals surface area contributed by atoms with Gasteiger partial charge in [-0.2, -0.15) is 0 Å². The number of benzene rings is 2. The van der Waals surface area contributed by atoms with Crippen LogP contribution >= 0.6 is 15.9 Å². The molecule has 0 aliphatic carbocycles. The Kier molecular flexibility index (Phi) is 11.8. The SMILES string of the molecule is CCOC(=O)Cc1cccc(C(C)(CCCC(C)(C)CN(C)C(=O)OCc2ccccc2)C(=O)CBr)c1. The maximum atomic E-state index is 13.1. The van der Waals surface area contributed by atoms with Crippen LogP contribution in [0, 0.1) is 5.41 Å². The summed E-state index contributed by atoms with van der Waals surface area (Å²) in [6.07, 6.45) is 2.12. The third kappa shape index (κ3) is 9.62. The molecular formula is C30H40BrNO5. The second-order valence-electron chi connectivity index (χ2n) is 10.5. The number of esters is 1. The minimum atomic E-state index is -0.690. The average molecular weight is 575 g/mol. The monoisotopic (exact) mass is 573 g/mol. The minimum Gasteiger partial charge on any atom is -0.466 e. The van der Waals surface area contributed by atoms with Crippen LogP contribution in [0.2, 0.25) is 0 Å². The van der Waals surface area contributed by atoms with Crippen LogP contribution in [-0.2, 0) is 37.5 Å². The zero-order chi connectivity index (χ0) is 27.5. The number of carbonyl (C=O) groups excluding carboxylic acids is 3. The van der Waals surface area contributed by atoms with Gasteiger partial charge in [-0.3, -0.25) is 9.59 Å². The van der Waals surface area contributed by atoms with Crippen LogP contribution in [-0.4, -0.2) is 48.3 Å². The van der Waals surface area contributed by atoms with Crippen LogP contribution in [0.4, 0.5) is 4.79 Å².